The van der Waals surface area contributed by atoms with Crippen molar-refractivity contribution in [3.8, 4) is 11.8 Å². The third-order valence-electron chi connectivity index (χ3n) is 3.49. The maximum atomic E-state index is 12.7. The summed E-state index contributed by atoms with van der Waals surface area (Å²) in [5.74, 6) is 0.286. The summed E-state index contributed by atoms with van der Waals surface area (Å²) < 4.78 is 30.3. The fourth-order valence-corrected chi connectivity index (χ4v) is 3.94. The van der Waals surface area contributed by atoms with Crippen LogP contribution in [0.5, 0.6) is 0 Å². The van der Waals surface area contributed by atoms with Crippen molar-refractivity contribution in [1.82, 2.24) is 9.78 Å². The first-order valence-electron chi connectivity index (χ1n) is 7.35. The van der Waals surface area contributed by atoms with Crippen molar-refractivity contribution >= 4 is 43.4 Å². The highest BCUT2D eigenvalue weighted by Gasteiger charge is 2.19. The van der Waals surface area contributed by atoms with E-state index in [1.54, 1.807) is 13.0 Å². The summed E-state index contributed by atoms with van der Waals surface area (Å²) in [6, 6.07) is 14.8. The number of hydrogen-bond acceptors (Lipinski definition) is 4. The minimum Gasteiger partial charge on any atom is -0.263 e. The average Bonchev–Trinajstić information content (AvgIpc) is 2.94. The molecule has 0 atom stereocenters. The topological polar surface area (TPSA) is 87.8 Å². The van der Waals surface area contributed by atoms with Crippen molar-refractivity contribution in [1.29, 1.82) is 5.26 Å². The van der Waals surface area contributed by atoms with Crippen molar-refractivity contribution in [3.63, 3.8) is 0 Å². The van der Waals surface area contributed by atoms with Gasteiger partial charge in [0.25, 0.3) is 10.0 Å². The molecule has 26 heavy (non-hydrogen) atoms. The third-order valence-corrected chi connectivity index (χ3v) is 5.67. The number of nitrogens with zero attached hydrogens (tertiary/aromatic N) is 3. The molecule has 6 nitrogen and oxygen atoms in total. The number of halogens is 2. The van der Waals surface area contributed by atoms with Crippen LogP contribution in [0.25, 0.3) is 5.69 Å². The predicted octanol–water partition coefficient (Wildman–Crippen LogP) is 4.27. The zero-order valence-electron chi connectivity index (χ0n) is 13.4. The molecule has 3 aromatic rings. The highest BCUT2D eigenvalue weighted by Crippen LogP contribution is 2.25. The van der Waals surface area contributed by atoms with Gasteiger partial charge in [0.05, 0.1) is 26.9 Å². The van der Waals surface area contributed by atoms with E-state index in [0.29, 0.717) is 11.4 Å². The maximum Gasteiger partial charge on any atom is 0.263 e. The lowest BCUT2D eigenvalue weighted by atomic mass is 10.2. The van der Waals surface area contributed by atoms with Crippen LogP contribution in [0.15, 0.2) is 57.9 Å². The Labute approximate surface area is 164 Å². The molecule has 132 valence electrons. The summed E-state index contributed by atoms with van der Waals surface area (Å²) in [5, 5.41) is 13.6. The lowest BCUT2D eigenvalue weighted by Gasteiger charge is -2.11. The highest BCUT2D eigenvalue weighted by atomic mass is 79.9. The van der Waals surface area contributed by atoms with Gasteiger partial charge in [-0.05, 0) is 43.3 Å². The van der Waals surface area contributed by atoms with Gasteiger partial charge in [-0.2, -0.15) is 10.4 Å². The lowest BCUT2D eigenvalue weighted by molar-refractivity contribution is 0.600. The number of benzene rings is 2. The van der Waals surface area contributed by atoms with Crippen molar-refractivity contribution < 1.29 is 8.42 Å². The van der Waals surface area contributed by atoms with E-state index >= 15 is 0 Å². The number of aromatic nitrogens is 2. The monoisotopic (exact) mass is 450 g/mol. The van der Waals surface area contributed by atoms with Gasteiger partial charge in [-0.1, -0.05) is 33.6 Å². The minimum absolute atomic E-state index is 0.0573. The van der Waals surface area contributed by atoms with E-state index in [0.717, 1.165) is 4.47 Å². The van der Waals surface area contributed by atoms with Crippen molar-refractivity contribution in [2.24, 2.45) is 0 Å². The Morgan fingerprint density at radius 1 is 1.23 bits per heavy atom. The van der Waals surface area contributed by atoms with Gasteiger partial charge in [-0.25, -0.2) is 13.1 Å². The third kappa shape index (κ3) is 3.75. The van der Waals surface area contributed by atoms with E-state index in [9.17, 15) is 8.42 Å². The van der Waals surface area contributed by atoms with Crippen LogP contribution >= 0.6 is 27.5 Å². The Hall–Kier alpha value is -2.34. The van der Waals surface area contributed by atoms with Crippen LogP contribution in [0.1, 0.15) is 11.3 Å². The van der Waals surface area contributed by atoms with E-state index in [4.69, 9.17) is 16.9 Å². The molecule has 2 aromatic carbocycles. The molecule has 0 saturated heterocycles. The normalized spacial score (nSPS) is 11.2. The van der Waals surface area contributed by atoms with Crippen LogP contribution in [0.2, 0.25) is 5.02 Å². The average molecular weight is 452 g/mol. The summed E-state index contributed by atoms with van der Waals surface area (Å²) >= 11 is 9.26. The number of sulfonamides is 1. The molecule has 0 fully saturated rings. The maximum absolute atomic E-state index is 12.7. The molecule has 0 unspecified atom stereocenters. The number of hydrogen-bond donors (Lipinski definition) is 1. The van der Waals surface area contributed by atoms with Gasteiger partial charge in [-0.15, -0.1) is 0 Å². The van der Waals surface area contributed by atoms with Crippen LogP contribution < -0.4 is 4.72 Å². The zero-order chi connectivity index (χ0) is 18.9. The number of aryl methyl sites for hydroxylation is 1. The smallest absolute Gasteiger partial charge is 0.263 e. The van der Waals surface area contributed by atoms with Gasteiger partial charge in [0.2, 0.25) is 0 Å². The molecule has 0 bridgehead atoms. The van der Waals surface area contributed by atoms with Gasteiger partial charge in [0.15, 0.2) is 0 Å². The Morgan fingerprint density at radius 2 is 2.00 bits per heavy atom. The predicted molar refractivity (Wildman–Crippen MR) is 103 cm³/mol. The Kier molecular flexibility index (Phi) is 5.05. The van der Waals surface area contributed by atoms with Gasteiger partial charge in [-0.3, -0.25) is 4.72 Å². The number of nitriles is 1. The quantitative estimate of drug-likeness (QED) is 0.641. The van der Waals surface area contributed by atoms with E-state index in [-0.39, 0.29) is 21.3 Å². The molecule has 1 aromatic heterocycles. The van der Waals surface area contributed by atoms with Crippen LogP contribution in [0.3, 0.4) is 0 Å². The second-order valence-electron chi connectivity index (χ2n) is 5.42. The van der Waals surface area contributed by atoms with Crippen LogP contribution in [0.4, 0.5) is 5.82 Å². The summed E-state index contributed by atoms with van der Waals surface area (Å²) in [7, 11) is -3.92. The molecule has 9 heteroatoms. The molecule has 0 aliphatic rings. The summed E-state index contributed by atoms with van der Waals surface area (Å²) in [4.78, 5) is -0.0573. The van der Waals surface area contributed by atoms with Gasteiger partial charge >= 0.3 is 0 Å². The van der Waals surface area contributed by atoms with E-state index < -0.39 is 10.0 Å². The molecule has 0 saturated carbocycles. The largest absolute Gasteiger partial charge is 0.263 e. The Balaban J connectivity index is 2.03. The number of anilines is 1. The Morgan fingerprint density at radius 3 is 2.69 bits per heavy atom. The van der Waals surface area contributed by atoms with E-state index in [2.05, 4.69) is 25.8 Å². The first-order chi connectivity index (χ1) is 12.3. The van der Waals surface area contributed by atoms with Crippen LogP contribution in [0, 0.1) is 18.3 Å². The molecule has 3 rings (SSSR count). The molecule has 0 spiro atoms. The second kappa shape index (κ2) is 7.11. The molecular formula is C17H12BrClN4O2S. The minimum atomic E-state index is -3.92. The lowest BCUT2D eigenvalue weighted by Crippen LogP contribution is -2.16. The van der Waals surface area contributed by atoms with Crippen molar-refractivity contribution in [3.05, 3.63) is 69.3 Å². The van der Waals surface area contributed by atoms with Gasteiger partial charge in [0, 0.05) is 10.5 Å². The SMILES string of the molecule is Cc1cc(NS(=O)(=O)c2ccc(Cl)c(C#N)c2)n(-c2cccc(Br)c2)n1. The zero-order valence-corrected chi connectivity index (χ0v) is 16.6. The molecule has 0 aliphatic heterocycles. The summed E-state index contributed by atoms with van der Waals surface area (Å²) in [6.45, 7) is 1.77. The van der Waals surface area contributed by atoms with E-state index in [1.807, 2.05) is 30.3 Å². The second-order valence-corrected chi connectivity index (χ2v) is 8.43. The van der Waals surface area contributed by atoms with Crippen LogP contribution in [-0.4, -0.2) is 18.2 Å². The summed E-state index contributed by atoms with van der Waals surface area (Å²) in [5.41, 5.74) is 1.43. The Bertz CT molecular complexity index is 1140. The van der Waals surface area contributed by atoms with Crippen LogP contribution in [-0.2, 0) is 10.0 Å². The fourth-order valence-electron chi connectivity index (χ4n) is 2.33. The molecule has 0 radical (unpaired) electrons. The molecule has 0 amide bonds. The number of rotatable bonds is 4. The standard InChI is InChI=1S/C17H12BrClN4O2S/c1-11-7-17(23(21-11)14-4-2-3-13(18)9-14)22-26(24,25)15-5-6-16(19)12(8-15)10-20/h2-9,22H,1H3. The number of nitrogens with one attached hydrogen (secondary N) is 1. The van der Waals surface area contributed by atoms with Crippen molar-refractivity contribution in [2.75, 3.05) is 4.72 Å². The van der Waals surface area contributed by atoms with E-state index in [1.165, 1.54) is 22.9 Å². The van der Waals surface area contributed by atoms with Gasteiger partial charge < -0.3 is 0 Å². The highest BCUT2D eigenvalue weighted by molar-refractivity contribution is 9.10. The molecule has 1 N–H and O–H groups in total. The van der Waals surface area contributed by atoms with Crippen molar-refractivity contribution in [2.45, 2.75) is 11.8 Å². The summed E-state index contributed by atoms with van der Waals surface area (Å²) in [6.07, 6.45) is 0. The molecular weight excluding hydrogens is 440 g/mol. The molecule has 0 aliphatic carbocycles. The van der Waals surface area contributed by atoms with Gasteiger partial charge in [0.1, 0.15) is 11.9 Å². The fraction of sp³-hybridized carbons (Fsp3) is 0.0588. The first kappa shape index (κ1) is 18.5. The first-order valence-corrected chi connectivity index (χ1v) is 10.0. The molecule has 1 heterocycles.